The van der Waals surface area contributed by atoms with Crippen LogP contribution >= 0.6 is 0 Å². The zero-order valence-electron chi connectivity index (χ0n) is 29.0. The van der Waals surface area contributed by atoms with Crippen LogP contribution in [-0.4, -0.2) is 150 Å². The van der Waals surface area contributed by atoms with Gasteiger partial charge in [-0.2, -0.15) is 0 Å². The molecule has 16 heteroatoms. The Labute approximate surface area is 291 Å². The summed E-state index contributed by atoms with van der Waals surface area (Å²) in [6, 6.07) is 6.56. The third-order valence-electron chi connectivity index (χ3n) is 8.76. The molecular weight excluding hydrogens is 652 g/mol. The molecule has 3 aromatic rings. The molecule has 5 N–H and O–H groups in total. The lowest BCUT2D eigenvalue weighted by atomic mass is 9.94. The van der Waals surface area contributed by atoms with Crippen LogP contribution in [0.2, 0.25) is 0 Å². The molecule has 0 radical (unpaired) electrons. The third-order valence-corrected chi connectivity index (χ3v) is 8.76. The molecule has 1 aliphatic heterocycles. The summed E-state index contributed by atoms with van der Waals surface area (Å²) in [5.74, 6) is -0.513. The number of nitrogens with zero attached hydrogens (tertiary/aromatic N) is 5. The maximum Gasteiger partial charge on any atom is 0.349 e. The summed E-state index contributed by atoms with van der Waals surface area (Å²) in [7, 11) is 0. The van der Waals surface area contributed by atoms with Gasteiger partial charge in [0.25, 0.3) is 5.91 Å². The maximum atomic E-state index is 12.6. The van der Waals surface area contributed by atoms with E-state index in [2.05, 4.69) is 34.4 Å². The Kier molecular flexibility index (Phi) is 16.0. The largest absolute Gasteiger partial charge is 0.422 e. The smallest absolute Gasteiger partial charge is 0.349 e. The van der Waals surface area contributed by atoms with Gasteiger partial charge >= 0.3 is 5.63 Å². The van der Waals surface area contributed by atoms with Crippen molar-refractivity contribution in [1.29, 1.82) is 0 Å². The van der Waals surface area contributed by atoms with Crippen LogP contribution in [0.3, 0.4) is 0 Å². The minimum Gasteiger partial charge on any atom is -0.422 e. The second-order valence-corrected chi connectivity index (χ2v) is 12.2. The topological polar surface area (TPSA) is 205 Å². The van der Waals surface area contributed by atoms with Gasteiger partial charge in [-0.05, 0) is 57.9 Å². The first kappa shape index (κ1) is 39.3. The highest BCUT2D eigenvalue weighted by Crippen LogP contribution is 2.22. The monoisotopic (exact) mass is 704 g/mol. The average molecular weight is 705 g/mol. The summed E-state index contributed by atoms with van der Waals surface area (Å²) in [5, 5.41) is 51.2. The molecule has 3 heterocycles. The van der Waals surface area contributed by atoms with Crippen molar-refractivity contribution in [2.24, 2.45) is 0 Å². The molecule has 50 heavy (non-hydrogen) atoms. The number of aromatic nitrogens is 3. The van der Waals surface area contributed by atoms with Crippen molar-refractivity contribution in [2.75, 3.05) is 83.9 Å². The van der Waals surface area contributed by atoms with E-state index in [1.807, 2.05) is 29.3 Å². The number of unbranched alkanes of at least 4 members (excludes halogenated alkanes) is 1. The highest BCUT2D eigenvalue weighted by molar-refractivity contribution is 5.97. The van der Waals surface area contributed by atoms with E-state index in [1.54, 1.807) is 10.7 Å². The maximum absolute atomic E-state index is 12.6. The first-order chi connectivity index (χ1) is 24.2. The minimum absolute atomic E-state index is 0.0496. The van der Waals surface area contributed by atoms with Crippen molar-refractivity contribution in [3.05, 3.63) is 52.1 Å². The Morgan fingerprint density at radius 1 is 0.980 bits per heavy atom. The third kappa shape index (κ3) is 11.3. The van der Waals surface area contributed by atoms with Crippen molar-refractivity contribution >= 4 is 22.6 Å². The number of β-amino-alcohol motifs (C(OH)–C–C–N with tert-alkyl or cyclic N) is 1. The molecule has 0 aliphatic carbocycles. The number of nitrogens with one attached hydrogen (secondary N) is 1. The van der Waals surface area contributed by atoms with Crippen molar-refractivity contribution < 1.29 is 43.8 Å². The van der Waals surface area contributed by atoms with Crippen LogP contribution in [0.1, 0.15) is 42.7 Å². The van der Waals surface area contributed by atoms with Crippen molar-refractivity contribution in [2.45, 2.75) is 64.0 Å². The number of carbonyl (C=O) groups is 1. The Morgan fingerprint density at radius 2 is 1.70 bits per heavy atom. The van der Waals surface area contributed by atoms with Crippen LogP contribution in [0.15, 0.2) is 39.7 Å². The second kappa shape index (κ2) is 20.4. The molecular formula is C34H52N6O10. The first-order valence-electron chi connectivity index (χ1n) is 17.4. The van der Waals surface area contributed by atoms with Crippen molar-refractivity contribution in [3.63, 3.8) is 0 Å². The van der Waals surface area contributed by atoms with E-state index in [0.717, 1.165) is 37.3 Å². The lowest BCUT2D eigenvalue weighted by Crippen LogP contribution is -2.62. The molecule has 0 unspecified atom stereocenters. The molecule has 16 nitrogen and oxygen atoms in total. The van der Waals surface area contributed by atoms with Gasteiger partial charge in [-0.3, -0.25) is 9.69 Å². The van der Waals surface area contributed by atoms with E-state index in [9.17, 15) is 30.0 Å². The van der Waals surface area contributed by atoms with Crippen molar-refractivity contribution in [3.8, 4) is 0 Å². The Morgan fingerprint density at radius 3 is 2.42 bits per heavy atom. The standard InChI is InChI=1S/C34H52N6O10/c1-3-38(4-2)26-9-8-24-19-27(34(46)50-30(24)20-26)33(45)35-10-13-47-15-17-49-18-16-48-14-12-40-21-25(36-37-40)7-5-6-11-39-22-29(42)32(44)31(43)28(39)23-41/h8-9,19-21,28-29,31-32,41-44H,3-7,10-18,22-23H2,1-2H3,(H,35,45)/t28-,29+,31-,32-/m1/s1. The molecule has 2 aromatic heterocycles. The van der Waals surface area contributed by atoms with Gasteiger partial charge in [0.2, 0.25) is 0 Å². The van der Waals surface area contributed by atoms with Crippen LogP contribution < -0.4 is 15.8 Å². The zero-order chi connectivity index (χ0) is 35.9. The fourth-order valence-electron chi connectivity index (χ4n) is 5.89. The van der Waals surface area contributed by atoms with E-state index in [-0.39, 0.29) is 31.9 Å². The molecule has 1 aliphatic rings. The molecule has 1 fully saturated rings. The fraction of sp³-hybridized carbons (Fsp3) is 0.647. The van der Waals surface area contributed by atoms with E-state index < -0.39 is 35.9 Å². The quantitative estimate of drug-likeness (QED) is 0.0679. The molecule has 0 saturated carbocycles. The van der Waals surface area contributed by atoms with E-state index in [0.29, 0.717) is 63.5 Å². The van der Waals surface area contributed by atoms with Gasteiger partial charge in [0.1, 0.15) is 23.4 Å². The molecule has 1 amide bonds. The summed E-state index contributed by atoms with van der Waals surface area (Å²) in [5.41, 5.74) is 1.52. The summed E-state index contributed by atoms with van der Waals surface area (Å²) in [6.45, 7) is 9.28. The molecule has 4 atom stereocenters. The number of aryl methyl sites for hydroxylation is 1. The number of aliphatic hydroxyl groups is 4. The molecule has 278 valence electrons. The number of rotatable bonds is 22. The van der Waals surface area contributed by atoms with Gasteiger partial charge in [0, 0.05) is 49.5 Å². The highest BCUT2D eigenvalue weighted by Gasteiger charge is 2.40. The lowest BCUT2D eigenvalue weighted by Gasteiger charge is -2.43. The SMILES string of the molecule is CCN(CC)c1ccc2cc(C(=O)NCCOCCOCCOCCn3cc(CCCCN4C[C@H](O)[C@@H](O)[C@H](O)[C@H]4CO)nn3)c(=O)oc2c1. The number of likely N-dealkylation sites (tertiary alicyclic amines) is 1. The number of fused-ring (bicyclic) bond motifs is 1. The number of carbonyl (C=O) groups excluding carboxylic acids is 1. The summed E-state index contributed by atoms with van der Waals surface area (Å²) < 4.78 is 23.8. The van der Waals surface area contributed by atoms with E-state index in [1.165, 1.54) is 0 Å². The predicted molar refractivity (Wildman–Crippen MR) is 184 cm³/mol. The Bertz CT molecular complexity index is 1520. The molecule has 1 saturated heterocycles. The van der Waals surface area contributed by atoms with Crippen LogP contribution in [-0.2, 0) is 27.2 Å². The van der Waals surface area contributed by atoms with Crippen LogP contribution in [0.4, 0.5) is 5.69 Å². The van der Waals surface area contributed by atoms with Gasteiger partial charge < -0.3 is 49.3 Å². The highest BCUT2D eigenvalue weighted by atomic mass is 16.5. The number of ether oxygens (including phenoxy) is 3. The minimum atomic E-state index is -1.25. The summed E-state index contributed by atoms with van der Waals surface area (Å²) in [6.07, 6.45) is 0.698. The number of hydrogen-bond donors (Lipinski definition) is 5. The Hall–Kier alpha value is -3.48. The van der Waals surface area contributed by atoms with Gasteiger partial charge in [0.05, 0.1) is 70.6 Å². The summed E-state index contributed by atoms with van der Waals surface area (Å²) >= 11 is 0. The normalized spacial score (nSPS) is 19.6. The zero-order valence-corrected chi connectivity index (χ0v) is 29.0. The molecule has 4 rings (SSSR count). The van der Waals surface area contributed by atoms with Crippen LogP contribution in [0.25, 0.3) is 11.0 Å². The number of benzene rings is 1. The number of anilines is 1. The van der Waals surface area contributed by atoms with Crippen LogP contribution in [0.5, 0.6) is 0 Å². The van der Waals surface area contributed by atoms with E-state index in [4.69, 9.17) is 18.6 Å². The first-order valence-corrected chi connectivity index (χ1v) is 17.4. The number of amides is 1. The van der Waals surface area contributed by atoms with Gasteiger partial charge in [0.15, 0.2) is 0 Å². The predicted octanol–water partition coefficient (Wildman–Crippen LogP) is -0.208. The lowest BCUT2D eigenvalue weighted by molar-refractivity contribution is -0.145. The molecule has 1 aromatic carbocycles. The molecule has 0 spiro atoms. The number of hydrogen-bond acceptors (Lipinski definition) is 14. The fourth-order valence-corrected chi connectivity index (χ4v) is 5.89. The number of aliphatic hydroxyl groups excluding tert-OH is 4. The average Bonchev–Trinajstić information content (AvgIpc) is 3.57. The van der Waals surface area contributed by atoms with E-state index >= 15 is 0 Å². The second-order valence-electron chi connectivity index (χ2n) is 12.2. The van der Waals surface area contributed by atoms with Gasteiger partial charge in [-0.25, -0.2) is 9.48 Å². The summed E-state index contributed by atoms with van der Waals surface area (Å²) in [4.78, 5) is 29.0. The molecule has 0 bridgehead atoms. The number of piperidine rings is 1. The van der Waals surface area contributed by atoms with Crippen LogP contribution in [0, 0.1) is 0 Å². The van der Waals surface area contributed by atoms with Crippen molar-refractivity contribution in [1.82, 2.24) is 25.2 Å². The van der Waals surface area contributed by atoms with Gasteiger partial charge in [-0.15, -0.1) is 5.10 Å². The Balaban J connectivity index is 0.996. The van der Waals surface area contributed by atoms with Gasteiger partial charge in [-0.1, -0.05) is 5.21 Å².